The number of carbonyl (C=O) groups is 3. The van der Waals surface area contributed by atoms with Gasteiger partial charge in [0.15, 0.2) is 0 Å². The van der Waals surface area contributed by atoms with E-state index in [2.05, 4.69) is 15.6 Å². The predicted molar refractivity (Wildman–Crippen MR) is 97.7 cm³/mol. The maximum atomic E-state index is 12.5. The Labute approximate surface area is 151 Å². The summed E-state index contributed by atoms with van der Waals surface area (Å²) in [6.07, 6.45) is 0.386. The molecule has 26 heavy (non-hydrogen) atoms. The number of amides is 2. The molecule has 0 aliphatic carbocycles. The Bertz CT molecular complexity index is 819. The van der Waals surface area contributed by atoms with E-state index >= 15 is 0 Å². The molecule has 0 saturated carbocycles. The molecule has 7 nitrogen and oxygen atoms in total. The van der Waals surface area contributed by atoms with E-state index < -0.39 is 29.9 Å². The summed E-state index contributed by atoms with van der Waals surface area (Å²) in [7, 11) is 0. The van der Waals surface area contributed by atoms with Crippen LogP contribution in [0.3, 0.4) is 0 Å². The second-order valence-corrected chi connectivity index (χ2v) is 6.61. The summed E-state index contributed by atoms with van der Waals surface area (Å²) < 4.78 is 0. The standard InChI is InChI=1S/C19H23N3O4/c1-11(2)10-16(18(24)20-12(3)19(25)26)22-17(23)15-9-8-13-6-4-5-7-14(13)21-15/h4-9,11-12,16H,10H2,1-3H3,(H,20,24)(H,22,23)(H,25,26)/t12-,16-/m0/s1. The summed E-state index contributed by atoms with van der Waals surface area (Å²) >= 11 is 0. The number of carboxylic acid groups (broad SMARTS) is 1. The minimum absolute atomic E-state index is 0.135. The Morgan fingerprint density at radius 1 is 1.04 bits per heavy atom. The van der Waals surface area contributed by atoms with E-state index in [9.17, 15) is 14.4 Å². The summed E-state index contributed by atoms with van der Waals surface area (Å²) in [6.45, 7) is 5.21. The number of aliphatic carboxylic acids is 1. The second-order valence-electron chi connectivity index (χ2n) is 6.61. The molecule has 0 aliphatic heterocycles. The minimum atomic E-state index is -1.14. The molecule has 0 radical (unpaired) electrons. The number of benzene rings is 1. The Balaban J connectivity index is 2.16. The Hall–Kier alpha value is -2.96. The van der Waals surface area contributed by atoms with Crippen LogP contribution in [0.15, 0.2) is 36.4 Å². The van der Waals surface area contributed by atoms with Gasteiger partial charge in [0.25, 0.3) is 5.91 Å². The number of carbonyl (C=O) groups excluding carboxylic acids is 2. The number of aromatic nitrogens is 1. The van der Waals surface area contributed by atoms with Crippen LogP contribution in [0, 0.1) is 5.92 Å². The van der Waals surface area contributed by atoms with Crippen LogP contribution in [0.5, 0.6) is 0 Å². The first-order valence-corrected chi connectivity index (χ1v) is 8.47. The molecule has 7 heteroatoms. The van der Waals surface area contributed by atoms with Crippen LogP contribution in [0.2, 0.25) is 0 Å². The monoisotopic (exact) mass is 357 g/mol. The lowest BCUT2D eigenvalue weighted by Crippen LogP contribution is -2.51. The van der Waals surface area contributed by atoms with Gasteiger partial charge in [0.1, 0.15) is 17.8 Å². The number of fused-ring (bicyclic) bond motifs is 1. The predicted octanol–water partition coefficient (Wildman–Crippen LogP) is 1.97. The lowest BCUT2D eigenvalue weighted by atomic mass is 10.0. The van der Waals surface area contributed by atoms with Gasteiger partial charge >= 0.3 is 5.97 Å². The minimum Gasteiger partial charge on any atom is -0.480 e. The molecule has 2 atom stereocenters. The molecule has 0 fully saturated rings. The maximum absolute atomic E-state index is 12.5. The highest BCUT2D eigenvalue weighted by molar-refractivity contribution is 5.98. The topological polar surface area (TPSA) is 108 Å². The third-order valence-corrected chi connectivity index (χ3v) is 3.89. The van der Waals surface area contributed by atoms with Crippen LogP contribution in [0.4, 0.5) is 0 Å². The molecule has 0 bridgehead atoms. The summed E-state index contributed by atoms with van der Waals surface area (Å²) in [6, 6.07) is 8.94. The molecule has 2 amide bonds. The molecule has 3 N–H and O–H groups in total. The molecule has 0 aliphatic rings. The van der Waals surface area contributed by atoms with Crippen LogP contribution in [-0.2, 0) is 9.59 Å². The average Bonchev–Trinajstić information content (AvgIpc) is 2.60. The first kappa shape index (κ1) is 19.4. The number of nitrogens with one attached hydrogen (secondary N) is 2. The molecule has 1 aromatic heterocycles. The van der Waals surface area contributed by atoms with Crippen LogP contribution in [0.25, 0.3) is 10.9 Å². The number of rotatable bonds is 7. The van der Waals surface area contributed by atoms with E-state index in [0.29, 0.717) is 11.9 Å². The van der Waals surface area contributed by atoms with Crippen molar-refractivity contribution in [3.8, 4) is 0 Å². The first-order valence-electron chi connectivity index (χ1n) is 8.47. The number of pyridine rings is 1. The largest absolute Gasteiger partial charge is 0.480 e. The normalized spacial score (nSPS) is 13.2. The van der Waals surface area contributed by atoms with Crippen molar-refractivity contribution in [3.63, 3.8) is 0 Å². The van der Waals surface area contributed by atoms with Crippen molar-refractivity contribution < 1.29 is 19.5 Å². The van der Waals surface area contributed by atoms with Crippen molar-refractivity contribution in [2.24, 2.45) is 5.92 Å². The van der Waals surface area contributed by atoms with Crippen LogP contribution in [0.1, 0.15) is 37.7 Å². The van der Waals surface area contributed by atoms with Crippen molar-refractivity contribution in [3.05, 3.63) is 42.1 Å². The molecule has 0 unspecified atom stereocenters. The molecule has 2 rings (SSSR count). The van der Waals surface area contributed by atoms with Gasteiger partial charge in [-0.3, -0.25) is 14.4 Å². The van der Waals surface area contributed by atoms with Gasteiger partial charge in [0.05, 0.1) is 5.52 Å². The zero-order chi connectivity index (χ0) is 19.3. The quantitative estimate of drug-likeness (QED) is 0.702. The van der Waals surface area contributed by atoms with Crippen molar-refractivity contribution in [2.45, 2.75) is 39.3 Å². The van der Waals surface area contributed by atoms with Gasteiger partial charge in [-0.15, -0.1) is 0 Å². The van der Waals surface area contributed by atoms with Crippen molar-refractivity contribution in [1.29, 1.82) is 0 Å². The number of carboxylic acids is 1. The fourth-order valence-electron chi connectivity index (χ4n) is 2.50. The zero-order valence-electron chi connectivity index (χ0n) is 15.0. The highest BCUT2D eigenvalue weighted by Crippen LogP contribution is 2.12. The number of para-hydroxylation sites is 1. The van der Waals surface area contributed by atoms with Crippen molar-refractivity contribution in [1.82, 2.24) is 15.6 Å². The molecular formula is C19H23N3O4. The molecule has 0 spiro atoms. The van der Waals surface area contributed by atoms with E-state index in [0.717, 1.165) is 5.39 Å². The fourth-order valence-corrected chi connectivity index (χ4v) is 2.50. The number of hydrogen-bond acceptors (Lipinski definition) is 4. The summed E-state index contributed by atoms with van der Waals surface area (Å²) in [5.74, 6) is -2.00. The van der Waals surface area contributed by atoms with Gasteiger partial charge < -0.3 is 15.7 Å². The lowest BCUT2D eigenvalue weighted by molar-refractivity contribution is -0.141. The van der Waals surface area contributed by atoms with Gasteiger partial charge in [-0.2, -0.15) is 0 Å². The Kier molecular flexibility index (Phi) is 6.27. The molecular weight excluding hydrogens is 334 g/mol. The van der Waals surface area contributed by atoms with Crippen LogP contribution in [-0.4, -0.2) is 40.0 Å². The van der Waals surface area contributed by atoms with Gasteiger partial charge in [-0.05, 0) is 31.4 Å². The number of hydrogen-bond donors (Lipinski definition) is 3. The summed E-state index contributed by atoms with van der Waals surface area (Å²) in [4.78, 5) is 40.2. The summed E-state index contributed by atoms with van der Waals surface area (Å²) in [5.41, 5.74) is 0.890. The highest BCUT2D eigenvalue weighted by atomic mass is 16.4. The average molecular weight is 357 g/mol. The smallest absolute Gasteiger partial charge is 0.325 e. The molecule has 1 aromatic carbocycles. The third-order valence-electron chi connectivity index (χ3n) is 3.89. The van der Waals surface area contributed by atoms with Crippen LogP contribution < -0.4 is 10.6 Å². The van der Waals surface area contributed by atoms with Gasteiger partial charge in [-0.25, -0.2) is 4.98 Å². The second kappa shape index (κ2) is 8.42. The van der Waals surface area contributed by atoms with E-state index in [1.165, 1.54) is 6.92 Å². The van der Waals surface area contributed by atoms with Crippen molar-refractivity contribution in [2.75, 3.05) is 0 Å². The third kappa shape index (κ3) is 5.02. The van der Waals surface area contributed by atoms with E-state index in [4.69, 9.17) is 5.11 Å². The molecule has 1 heterocycles. The molecule has 2 aromatic rings. The fraction of sp³-hybridized carbons (Fsp3) is 0.368. The summed E-state index contributed by atoms with van der Waals surface area (Å²) in [5, 5.41) is 14.9. The zero-order valence-corrected chi connectivity index (χ0v) is 15.0. The van der Waals surface area contributed by atoms with Gasteiger partial charge in [0, 0.05) is 5.39 Å². The van der Waals surface area contributed by atoms with E-state index in [-0.39, 0.29) is 11.6 Å². The van der Waals surface area contributed by atoms with Crippen molar-refractivity contribution >= 4 is 28.7 Å². The maximum Gasteiger partial charge on any atom is 0.325 e. The lowest BCUT2D eigenvalue weighted by Gasteiger charge is -2.21. The molecule has 0 saturated heterocycles. The Morgan fingerprint density at radius 3 is 2.38 bits per heavy atom. The Morgan fingerprint density at radius 2 is 1.73 bits per heavy atom. The molecule has 138 valence electrons. The van der Waals surface area contributed by atoms with E-state index in [1.54, 1.807) is 18.2 Å². The van der Waals surface area contributed by atoms with E-state index in [1.807, 2.05) is 32.0 Å². The van der Waals surface area contributed by atoms with Gasteiger partial charge in [0.2, 0.25) is 5.91 Å². The number of nitrogens with zero attached hydrogens (tertiary/aromatic N) is 1. The highest BCUT2D eigenvalue weighted by Gasteiger charge is 2.25. The SMILES string of the molecule is CC(C)C[C@H](NC(=O)c1ccc2ccccc2n1)C(=O)N[C@@H](C)C(=O)O. The van der Waals surface area contributed by atoms with Crippen LogP contribution >= 0.6 is 0 Å². The first-order chi connectivity index (χ1) is 12.3. The van der Waals surface area contributed by atoms with Gasteiger partial charge in [-0.1, -0.05) is 38.1 Å².